The summed E-state index contributed by atoms with van der Waals surface area (Å²) in [6.07, 6.45) is -4.53. The molecule has 2 aromatic carbocycles. The maximum Gasteiger partial charge on any atom is 0.202 e. The molecule has 0 bridgehead atoms. The number of aliphatic hydroxyl groups excluding tert-OH is 1. The van der Waals surface area contributed by atoms with Gasteiger partial charge in [-0.1, -0.05) is 19.1 Å². The lowest BCUT2D eigenvalue weighted by Gasteiger charge is -2.42. The van der Waals surface area contributed by atoms with Gasteiger partial charge < -0.3 is 40.4 Å². The molecular weight excluding hydrogens is 546 g/mol. The fourth-order valence-corrected chi connectivity index (χ4v) is 5.93. The van der Waals surface area contributed by atoms with E-state index in [0.29, 0.717) is 0 Å². The van der Waals surface area contributed by atoms with E-state index in [-0.39, 0.29) is 59.7 Å². The van der Waals surface area contributed by atoms with Crippen LogP contribution in [0.2, 0.25) is 0 Å². The SMILES string of the molecule is CCC(=O)C1(O)Cc2c(O)c3c(c(O)c2[C@@H](O[C@H]2C[C@H](N)[C@H](O)[C@H](C)O2)C1)C(=O)c1c(OC)cccc1C3=O.Cl. The Hall–Kier alpha value is -3.06. The number of hydrogen-bond donors (Lipinski definition) is 5. The molecule has 5 rings (SSSR count). The van der Waals surface area contributed by atoms with Gasteiger partial charge in [0.1, 0.15) is 22.8 Å². The van der Waals surface area contributed by atoms with Crippen molar-refractivity contribution in [1.29, 1.82) is 0 Å². The summed E-state index contributed by atoms with van der Waals surface area (Å²) in [5.41, 5.74) is 3.03. The Balaban J connectivity index is 0.00000370. The molecule has 0 aromatic heterocycles. The summed E-state index contributed by atoms with van der Waals surface area (Å²) < 4.78 is 17.1. The molecule has 1 fully saturated rings. The highest BCUT2D eigenvalue weighted by Gasteiger charge is 2.49. The highest BCUT2D eigenvalue weighted by Crippen LogP contribution is 2.52. The van der Waals surface area contributed by atoms with E-state index in [4.69, 9.17) is 19.9 Å². The van der Waals surface area contributed by atoms with E-state index in [1.165, 1.54) is 25.3 Å². The molecule has 216 valence electrons. The Kier molecular flexibility index (Phi) is 8.03. The van der Waals surface area contributed by atoms with E-state index in [1.54, 1.807) is 13.8 Å². The molecule has 1 aliphatic heterocycles. The van der Waals surface area contributed by atoms with Gasteiger partial charge in [0.2, 0.25) is 5.78 Å². The van der Waals surface area contributed by atoms with Crippen molar-refractivity contribution in [2.45, 2.75) is 75.8 Å². The Morgan fingerprint density at radius 1 is 1.15 bits per heavy atom. The van der Waals surface area contributed by atoms with E-state index in [1.807, 2.05) is 0 Å². The maximum absolute atomic E-state index is 13.7. The molecule has 3 aliphatic rings. The molecule has 1 heterocycles. The Bertz CT molecular complexity index is 1380. The lowest BCUT2D eigenvalue weighted by molar-refractivity contribution is -0.247. The first-order chi connectivity index (χ1) is 18.4. The molecule has 2 aliphatic carbocycles. The summed E-state index contributed by atoms with van der Waals surface area (Å²) in [5.74, 6) is -3.07. The molecule has 1 unspecified atom stereocenters. The van der Waals surface area contributed by atoms with Gasteiger partial charge in [-0.15, -0.1) is 12.4 Å². The van der Waals surface area contributed by atoms with Crippen LogP contribution in [0.3, 0.4) is 0 Å². The average molecular weight is 578 g/mol. The topological polar surface area (TPSA) is 186 Å². The summed E-state index contributed by atoms with van der Waals surface area (Å²) in [7, 11) is 1.34. The third kappa shape index (κ3) is 4.47. The van der Waals surface area contributed by atoms with Crippen LogP contribution in [0.5, 0.6) is 17.2 Å². The van der Waals surface area contributed by atoms with Crippen LogP contribution in [0.1, 0.15) is 82.2 Å². The van der Waals surface area contributed by atoms with Crippen LogP contribution in [-0.4, -0.2) is 75.0 Å². The van der Waals surface area contributed by atoms with Crippen molar-refractivity contribution >= 4 is 29.8 Å². The summed E-state index contributed by atoms with van der Waals surface area (Å²) in [5, 5.41) is 44.5. The van der Waals surface area contributed by atoms with Crippen molar-refractivity contribution in [3.05, 3.63) is 51.6 Å². The average Bonchev–Trinajstić information content (AvgIpc) is 2.90. The number of phenols is 2. The predicted octanol–water partition coefficient (Wildman–Crippen LogP) is 1.84. The fraction of sp³-hybridized carbons (Fsp3) is 0.464. The molecular formula is C28H32ClNO10. The number of Topliss-reactive ketones (excluding diaryl/α,β-unsaturated/α-hetero) is 1. The van der Waals surface area contributed by atoms with Gasteiger partial charge in [-0.25, -0.2) is 0 Å². The number of halogens is 1. The normalized spacial score (nSPS) is 29.1. The van der Waals surface area contributed by atoms with Gasteiger partial charge in [-0.2, -0.15) is 0 Å². The Labute approximate surface area is 236 Å². The van der Waals surface area contributed by atoms with E-state index in [0.717, 1.165) is 0 Å². The summed E-state index contributed by atoms with van der Waals surface area (Å²) in [6.45, 7) is 3.19. The molecule has 6 atom stereocenters. The highest BCUT2D eigenvalue weighted by atomic mass is 35.5. The van der Waals surface area contributed by atoms with Crippen LogP contribution < -0.4 is 10.5 Å². The predicted molar refractivity (Wildman–Crippen MR) is 142 cm³/mol. The van der Waals surface area contributed by atoms with Crippen LogP contribution in [0.25, 0.3) is 0 Å². The number of ether oxygens (including phenoxy) is 3. The summed E-state index contributed by atoms with van der Waals surface area (Å²) in [4.78, 5) is 40.1. The van der Waals surface area contributed by atoms with Crippen molar-refractivity contribution < 1.29 is 49.0 Å². The number of nitrogens with two attached hydrogens (primary N) is 1. The van der Waals surface area contributed by atoms with Crippen molar-refractivity contribution in [3.63, 3.8) is 0 Å². The molecule has 0 spiro atoms. The molecule has 40 heavy (non-hydrogen) atoms. The van der Waals surface area contributed by atoms with Crippen molar-refractivity contribution in [1.82, 2.24) is 0 Å². The minimum Gasteiger partial charge on any atom is -0.507 e. The smallest absolute Gasteiger partial charge is 0.202 e. The largest absolute Gasteiger partial charge is 0.507 e. The highest BCUT2D eigenvalue weighted by molar-refractivity contribution is 6.31. The second kappa shape index (κ2) is 10.7. The number of carbonyl (C=O) groups excluding carboxylic acids is 3. The van der Waals surface area contributed by atoms with Gasteiger partial charge in [0.15, 0.2) is 17.9 Å². The van der Waals surface area contributed by atoms with Gasteiger partial charge in [0, 0.05) is 48.4 Å². The number of aliphatic hydroxyl groups is 2. The Morgan fingerprint density at radius 3 is 2.45 bits per heavy atom. The quantitative estimate of drug-likeness (QED) is 0.278. The first kappa shape index (κ1) is 29.9. The van der Waals surface area contributed by atoms with E-state index in [2.05, 4.69) is 0 Å². The van der Waals surface area contributed by atoms with Gasteiger partial charge in [0.25, 0.3) is 0 Å². The molecule has 2 aromatic rings. The lowest BCUT2D eigenvalue weighted by Crippen LogP contribution is -2.52. The van der Waals surface area contributed by atoms with Crippen LogP contribution >= 0.6 is 12.4 Å². The summed E-state index contributed by atoms with van der Waals surface area (Å²) >= 11 is 0. The third-order valence-electron chi connectivity index (χ3n) is 7.98. The third-order valence-corrected chi connectivity index (χ3v) is 7.98. The standard InChI is InChI=1S/C28H31NO10.ClH/c1-4-17(30)28(36)9-13-20(16(10-28)39-18-8-14(29)23(31)11(2)38-18)27(35)22-21(25(13)33)24(32)12-6-5-7-15(37-3)19(12)26(22)34;/h5-7,11,14,16,18,23,31,33,35-36H,4,8-10,29H2,1-3H3;1H/t11-,14-,16-,18-,23+,28?;/m0./s1. The number of rotatable bonds is 5. The maximum atomic E-state index is 13.7. The van der Waals surface area contributed by atoms with Crippen LogP contribution in [0.4, 0.5) is 0 Å². The Morgan fingerprint density at radius 2 is 1.82 bits per heavy atom. The molecule has 1 saturated heterocycles. The lowest BCUT2D eigenvalue weighted by atomic mass is 9.71. The van der Waals surface area contributed by atoms with E-state index in [9.17, 15) is 34.8 Å². The number of phenolic OH excluding ortho intramolecular Hbond substituents is 2. The monoisotopic (exact) mass is 577 g/mol. The molecule has 12 heteroatoms. The second-order valence-electron chi connectivity index (χ2n) is 10.4. The molecule has 6 N–H and O–H groups in total. The zero-order valence-corrected chi connectivity index (χ0v) is 23.0. The van der Waals surface area contributed by atoms with Gasteiger partial charge in [0.05, 0.1) is 42.1 Å². The molecule has 11 nitrogen and oxygen atoms in total. The van der Waals surface area contributed by atoms with Crippen LogP contribution in [0.15, 0.2) is 18.2 Å². The number of fused-ring (bicyclic) bond motifs is 3. The van der Waals surface area contributed by atoms with Gasteiger partial charge in [-0.3, -0.25) is 14.4 Å². The first-order valence-electron chi connectivity index (χ1n) is 12.8. The van der Waals surface area contributed by atoms with Crippen LogP contribution in [-0.2, 0) is 20.7 Å². The number of hydrogen-bond acceptors (Lipinski definition) is 11. The number of ketones is 3. The second-order valence-corrected chi connectivity index (χ2v) is 10.4. The van der Waals surface area contributed by atoms with E-state index < -0.39 is 82.6 Å². The van der Waals surface area contributed by atoms with Crippen LogP contribution in [0, 0.1) is 0 Å². The molecule has 0 radical (unpaired) electrons. The van der Waals surface area contributed by atoms with Crippen molar-refractivity contribution in [2.75, 3.05) is 7.11 Å². The van der Waals surface area contributed by atoms with Crippen molar-refractivity contribution in [2.24, 2.45) is 5.73 Å². The van der Waals surface area contributed by atoms with Gasteiger partial charge in [-0.05, 0) is 13.0 Å². The fourth-order valence-electron chi connectivity index (χ4n) is 5.93. The minimum atomic E-state index is -1.99. The summed E-state index contributed by atoms with van der Waals surface area (Å²) in [6, 6.07) is 3.76. The number of methoxy groups -OCH3 is 1. The number of aromatic hydroxyl groups is 2. The zero-order valence-electron chi connectivity index (χ0n) is 22.2. The van der Waals surface area contributed by atoms with Gasteiger partial charge >= 0.3 is 0 Å². The number of benzene rings is 2. The van der Waals surface area contributed by atoms with E-state index >= 15 is 0 Å². The minimum absolute atomic E-state index is 0. The first-order valence-corrected chi connectivity index (χ1v) is 12.8. The van der Waals surface area contributed by atoms with Crippen molar-refractivity contribution in [3.8, 4) is 17.2 Å². The molecule has 0 amide bonds. The molecule has 0 saturated carbocycles. The zero-order chi connectivity index (χ0) is 28.4. The number of carbonyl (C=O) groups is 3.